The molecule has 1 unspecified atom stereocenters. The molecule has 0 aliphatic rings. The molecule has 4 aromatic rings. The van der Waals surface area contributed by atoms with Crippen LogP contribution in [0.4, 0.5) is 0 Å². The third kappa shape index (κ3) is 3.72. The smallest absolute Gasteiger partial charge is 0.340 e. The Morgan fingerprint density at radius 1 is 1.13 bits per heavy atom. The maximum Gasteiger partial charge on any atom is 0.340 e. The van der Waals surface area contributed by atoms with Gasteiger partial charge in [0.1, 0.15) is 11.2 Å². The lowest BCUT2D eigenvalue weighted by molar-refractivity contribution is -0.121. The van der Waals surface area contributed by atoms with E-state index in [-0.39, 0.29) is 18.5 Å². The summed E-state index contributed by atoms with van der Waals surface area (Å²) in [6.07, 6.45) is 0.443. The molecule has 2 aromatic carbocycles. The summed E-state index contributed by atoms with van der Waals surface area (Å²) in [5.41, 5.74) is 3.24. The van der Waals surface area contributed by atoms with Gasteiger partial charge < -0.3 is 24.4 Å². The van der Waals surface area contributed by atoms with Gasteiger partial charge in [-0.1, -0.05) is 30.3 Å². The highest BCUT2D eigenvalue weighted by atomic mass is 16.4. The van der Waals surface area contributed by atoms with Gasteiger partial charge in [-0.2, -0.15) is 0 Å². The predicted molar refractivity (Wildman–Crippen MR) is 112 cm³/mol. The van der Waals surface area contributed by atoms with Gasteiger partial charge in [0.15, 0.2) is 0 Å². The van der Waals surface area contributed by atoms with Crippen molar-refractivity contribution >= 4 is 27.8 Å². The Balaban J connectivity index is 1.75. The highest BCUT2D eigenvalue weighted by molar-refractivity contribution is 6.02. The van der Waals surface area contributed by atoms with E-state index in [0.29, 0.717) is 16.7 Å². The fraction of sp³-hybridized carbons (Fsp3) is 0.217. The van der Waals surface area contributed by atoms with Crippen LogP contribution in [0.1, 0.15) is 11.1 Å². The van der Waals surface area contributed by atoms with Crippen LogP contribution in [0, 0.1) is 6.92 Å². The summed E-state index contributed by atoms with van der Waals surface area (Å²) in [7, 11) is 0. The molecule has 7 nitrogen and oxygen atoms in total. The van der Waals surface area contributed by atoms with E-state index in [4.69, 9.17) is 13.9 Å². The van der Waals surface area contributed by atoms with E-state index in [1.165, 1.54) is 0 Å². The van der Waals surface area contributed by atoms with Crippen LogP contribution in [0.15, 0.2) is 62.4 Å². The number of hydrogen-bond donors (Lipinski definition) is 3. The first-order valence-electron chi connectivity index (χ1n) is 9.56. The van der Waals surface area contributed by atoms with Crippen molar-refractivity contribution in [1.29, 1.82) is 0 Å². The Morgan fingerprint density at radius 2 is 1.90 bits per heavy atom. The molecule has 4 rings (SSSR count). The number of hydrogen-bond acceptors (Lipinski definition) is 6. The van der Waals surface area contributed by atoms with Crippen LogP contribution in [-0.4, -0.2) is 35.4 Å². The van der Waals surface area contributed by atoms with Gasteiger partial charge in [-0.3, -0.25) is 4.79 Å². The standard InChI is InChI=1S/C23H21NO6/c1-13-16-7-18-19(14-5-3-2-4-6-14)12-29-20(18)9-21(16)30-23(28)17(13)8-22(27)24-10-15(26)11-25/h2-7,9,12,15,25-26H,8,10-11H2,1H3,(H,24,27). The molecule has 0 bridgehead atoms. The van der Waals surface area contributed by atoms with Crippen molar-refractivity contribution in [3.8, 4) is 11.1 Å². The fourth-order valence-corrected chi connectivity index (χ4v) is 3.47. The number of nitrogens with one attached hydrogen (secondary N) is 1. The minimum absolute atomic E-state index is 0.0939. The molecule has 30 heavy (non-hydrogen) atoms. The highest BCUT2D eigenvalue weighted by Gasteiger charge is 2.18. The minimum atomic E-state index is -1.05. The second-order valence-electron chi connectivity index (χ2n) is 7.17. The third-order valence-electron chi connectivity index (χ3n) is 5.15. The first kappa shape index (κ1) is 19.9. The van der Waals surface area contributed by atoms with Crippen molar-refractivity contribution < 1.29 is 23.8 Å². The van der Waals surface area contributed by atoms with Crippen molar-refractivity contribution in [3.05, 3.63) is 70.3 Å². The second kappa shape index (κ2) is 8.14. The number of aryl methyl sites for hydroxylation is 1. The number of aliphatic hydroxyl groups is 2. The van der Waals surface area contributed by atoms with E-state index in [0.717, 1.165) is 21.9 Å². The Kier molecular flexibility index (Phi) is 5.39. The van der Waals surface area contributed by atoms with Gasteiger partial charge in [0.25, 0.3) is 0 Å². The number of rotatable bonds is 6. The lowest BCUT2D eigenvalue weighted by atomic mass is 9.99. The Hall–Kier alpha value is -3.42. The second-order valence-corrected chi connectivity index (χ2v) is 7.17. The lowest BCUT2D eigenvalue weighted by Crippen LogP contribution is -2.35. The normalized spacial score (nSPS) is 12.4. The predicted octanol–water partition coefficient (Wildman–Crippen LogP) is 2.53. The van der Waals surface area contributed by atoms with E-state index in [2.05, 4.69) is 5.32 Å². The quantitative estimate of drug-likeness (QED) is 0.424. The first-order valence-corrected chi connectivity index (χ1v) is 9.56. The van der Waals surface area contributed by atoms with Gasteiger partial charge in [-0.05, 0) is 24.1 Å². The van der Waals surface area contributed by atoms with Crippen LogP contribution in [0.2, 0.25) is 0 Å². The summed E-state index contributed by atoms with van der Waals surface area (Å²) in [5.74, 6) is -0.438. The number of aliphatic hydroxyl groups excluding tert-OH is 2. The minimum Gasteiger partial charge on any atom is -0.464 e. The molecule has 2 heterocycles. The topological polar surface area (TPSA) is 113 Å². The maximum atomic E-state index is 12.5. The number of fused-ring (bicyclic) bond motifs is 2. The molecule has 0 fully saturated rings. The summed E-state index contributed by atoms with van der Waals surface area (Å²) in [6, 6.07) is 13.4. The molecule has 0 aliphatic carbocycles. The summed E-state index contributed by atoms with van der Waals surface area (Å²) >= 11 is 0. The van der Waals surface area contributed by atoms with E-state index in [9.17, 15) is 14.7 Å². The van der Waals surface area contributed by atoms with Gasteiger partial charge in [-0.25, -0.2) is 4.79 Å². The van der Waals surface area contributed by atoms with Crippen molar-refractivity contribution in [1.82, 2.24) is 5.32 Å². The Morgan fingerprint density at radius 3 is 2.63 bits per heavy atom. The largest absolute Gasteiger partial charge is 0.464 e. The number of furan rings is 1. The lowest BCUT2D eigenvalue weighted by Gasteiger charge is -2.11. The van der Waals surface area contributed by atoms with Crippen LogP contribution < -0.4 is 10.9 Å². The van der Waals surface area contributed by atoms with Crippen LogP contribution in [-0.2, 0) is 11.2 Å². The monoisotopic (exact) mass is 407 g/mol. The van der Waals surface area contributed by atoms with Crippen LogP contribution in [0.3, 0.4) is 0 Å². The Labute approximate surface area is 171 Å². The molecule has 0 radical (unpaired) electrons. The zero-order valence-electron chi connectivity index (χ0n) is 16.3. The van der Waals surface area contributed by atoms with Gasteiger partial charge in [0.05, 0.1) is 31.0 Å². The van der Waals surface area contributed by atoms with Crippen LogP contribution in [0.5, 0.6) is 0 Å². The van der Waals surface area contributed by atoms with E-state index < -0.39 is 24.2 Å². The van der Waals surface area contributed by atoms with Crippen molar-refractivity contribution in [3.63, 3.8) is 0 Å². The number of carbonyl (C=O) groups excluding carboxylic acids is 1. The molecule has 0 aliphatic heterocycles. The summed E-state index contributed by atoms with van der Waals surface area (Å²) < 4.78 is 11.1. The fourth-order valence-electron chi connectivity index (χ4n) is 3.47. The summed E-state index contributed by atoms with van der Waals surface area (Å²) in [6.45, 7) is 1.23. The molecular weight excluding hydrogens is 386 g/mol. The highest BCUT2D eigenvalue weighted by Crippen LogP contribution is 2.34. The molecule has 7 heteroatoms. The third-order valence-corrected chi connectivity index (χ3v) is 5.15. The molecule has 1 amide bonds. The molecule has 154 valence electrons. The van der Waals surface area contributed by atoms with Crippen molar-refractivity contribution in [2.24, 2.45) is 0 Å². The van der Waals surface area contributed by atoms with Gasteiger partial charge in [0, 0.05) is 28.9 Å². The van der Waals surface area contributed by atoms with Crippen molar-refractivity contribution in [2.45, 2.75) is 19.4 Å². The van der Waals surface area contributed by atoms with E-state index >= 15 is 0 Å². The maximum absolute atomic E-state index is 12.5. The molecule has 1 atom stereocenters. The van der Waals surface area contributed by atoms with Crippen molar-refractivity contribution in [2.75, 3.05) is 13.2 Å². The molecule has 3 N–H and O–H groups in total. The average molecular weight is 407 g/mol. The summed E-state index contributed by atoms with van der Waals surface area (Å²) in [5, 5.41) is 22.3. The molecule has 2 aromatic heterocycles. The zero-order valence-corrected chi connectivity index (χ0v) is 16.3. The number of amides is 1. The SMILES string of the molecule is Cc1c(CC(=O)NCC(O)CO)c(=O)oc2cc3occ(-c4ccccc4)c3cc12. The van der Waals surface area contributed by atoms with E-state index in [1.54, 1.807) is 19.3 Å². The Bertz CT molecular complexity index is 1270. The van der Waals surface area contributed by atoms with Crippen LogP contribution in [0.25, 0.3) is 33.1 Å². The zero-order chi connectivity index (χ0) is 21.3. The van der Waals surface area contributed by atoms with E-state index in [1.807, 2.05) is 36.4 Å². The average Bonchev–Trinajstić information content (AvgIpc) is 3.17. The summed E-state index contributed by atoms with van der Waals surface area (Å²) in [4.78, 5) is 24.7. The molecule has 0 spiro atoms. The van der Waals surface area contributed by atoms with Gasteiger partial charge in [0.2, 0.25) is 5.91 Å². The first-order chi connectivity index (χ1) is 14.5. The molecular formula is C23H21NO6. The number of benzene rings is 2. The number of carbonyl (C=O) groups is 1. The van der Waals surface area contributed by atoms with Gasteiger partial charge in [-0.15, -0.1) is 0 Å². The van der Waals surface area contributed by atoms with Crippen LogP contribution >= 0.6 is 0 Å². The molecule has 0 saturated carbocycles. The van der Waals surface area contributed by atoms with Gasteiger partial charge >= 0.3 is 5.63 Å². The molecule has 0 saturated heterocycles.